The van der Waals surface area contributed by atoms with E-state index in [2.05, 4.69) is 15.6 Å². The van der Waals surface area contributed by atoms with Gasteiger partial charge < -0.3 is 20.3 Å². The van der Waals surface area contributed by atoms with Crippen molar-refractivity contribution in [2.24, 2.45) is 4.99 Å². The van der Waals surface area contributed by atoms with Crippen LogP contribution in [-0.4, -0.2) is 62.7 Å². The second-order valence-corrected chi connectivity index (χ2v) is 7.01. The quantitative estimate of drug-likeness (QED) is 0.626. The van der Waals surface area contributed by atoms with Crippen molar-refractivity contribution in [1.29, 1.82) is 0 Å². The summed E-state index contributed by atoms with van der Waals surface area (Å²) >= 11 is 0. The number of ether oxygens (including phenoxy) is 1. The van der Waals surface area contributed by atoms with Crippen LogP contribution >= 0.6 is 0 Å². The number of nitrogens with one attached hydrogen (secondary N) is 2. The maximum atomic E-state index is 12.1. The molecule has 1 aromatic carbocycles. The van der Waals surface area contributed by atoms with E-state index in [1.165, 1.54) is 6.42 Å². The molecule has 2 fully saturated rings. The van der Waals surface area contributed by atoms with Crippen molar-refractivity contribution >= 4 is 11.9 Å². The standard InChI is InChI=1S/C19H28N4O2/c1-20-19(22-16-12-15-7-8-17(16)25-15)21-10-9-13-5-4-6-14(11-13)18(24)23(2)3/h4-6,11,15-17H,7-10,12H2,1-3H3,(H2,20,21,22). The normalized spacial score (nSPS) is 25.1. The molecule has 0 radical (unpaired) electrons. The van der Waals surface area contributed by atoms with Crippen LogP contribution in [0.25, 0.3) is 0 Å². The van der Waals surface area contributed by atoms with Crippen molar-refractivity contribution in [3.8, 4) is 0 Å². The lowest BCUT2D eigenvalue weighted by Gasteiger charge is -2.22. The molecule has 0 aliphatic carbocycles. The van der Waals surface area contributed by atoms with Gasteiger partial charge in [-0.1, -0.05) is 12.1 Å². The van der Waals surface area contributed by atoms with Crippen LogP contribution in [0, 0.1) is 0 Å². The molecule has 2 aliphatic heterocycles. The van der Waals surface area contributed by atoms with Gasteiger partial charge in [-0.05, 0) is 43.4 Å². The van der Waals surface area contributed by atoms with Crippen molar-refractivity contribution in [3.05, 3.63) is 35.4 Å². The molecule has 2 heterocycles. The third kappa shape index (κ3) is 4.31. The van der Waals surface area contributed by atoms with Gasteiger partial charge in [0.1, 0.15) is 0 Å². The minimum atomic E-state index is 0.0311. The molecule has 6 heteroatoms. The number of rotatable bonds is 5. The average molecular weight is 344 g/mol. The number of amides is 1. The molecule has 0 saturated carbocycles. The van der Waals surface area contributed by atoms with Gasteiger partial charge in [-0.25, -0.2) is 0 Å². The maximum Gasteiger partial charge on any atom is 0.253 e. The Hall–Kier alpha value is -2.08. The zero-order valence-electron chi connectivity index (χ0n) is 15.3. The van der Waals surface area contributed by atoms with Crippen LogP contribution in [-0.2, 0) is 11.2 Å². The fraction of sp³-hybridized carbons (Fsp3) is 0.579. The summed E-state index contributed by atoms with van der Waals surface area (Å²) in [4.78, 5) is 18.0. The first-order valence-electron chi connectivity index (χ1n) is 9.00. The van der Waals surface area contributed by atoms with E-state index in [4.69, 9.17) is 4.74 Å². The van der Waals surface area contributed by atoms with Gasteiger partial charge in [0.15, 0.2) is 5.96 Å². The number of carbonyl (C=O) groups is 1. The smallest absolute Gasteiger partial charge is 0.253 e. The average Bonchev–Trinajstić information content (AvgIpc) is 3.23. The molecule has 2 N–H and O–H groups in total. The van der Waals surface area contributed by atoms with Gasteiger partial charge in [0.05, 0.1) is 18.2 Å². The third-order valence-electron chi connectivity index (χ3n) is 4.94. The molecular formula is C19H28N4O2. The summed E-state index contributed by atoms with van der Waals surface area (Å²) < 4.78 is 5.88. The molecule has 2 bridgehead atoms. The summed E-state index contributed by atoms with van der Waals surface area (Å²) in [5.74, 6) is 0.852. The predicted octanol–water partition coefficient (Wildman–Crippen LogP) is 1.42. The van der Waals surface area contributed by atoms with Crippen LogP contribution in [0.5, 0.6) is 0 Å². The highest BCUT2D eigenvalue weighted by molar-refractivity contribution is 5.94. The van der Waals surface area contributed by atoms with E-state index in [0.29, 0.717) is 18.2 Å². The van der Waals surface area contributed by atoms with Crippen LogP contribution in [0.3, 0.4) is 0 Å². The Morgan fingerprint density at radius 2 is 2.20 bits per heavy atom. The second kappa shape index (κ2) is 7.87. The fourth-order valence-corrected chi connectivity index (χ4v) is 3.60. The molecule has 136 valence electrons. The summed E-state index contributed by atoms with van der Waals surface area (Å²) in [6.07, 6.45) is 5.00. The number of fused-ring (bicyclic) bond motifs is 2. The first-order valence-corrected chi connectivity index (χ1v) is 9.00. The SMILES string of the molecule is CN=C(NCCc1cccc(C(=O)N(C)C)c1)NC1CC2CCC1O2. The Kier molecular flexibility index (Phi) is 5.58. The van der Waals surface area contributed by atoms with E-state index in [-0.39, 0.29) is 5.91 Å². The topological polar surface area (TPSA) is 66.0 Å². The Morgan fingerprint density at radius 3 is 2.84 bits per heavy atom. The van der Waals surface area contributed by atoms with Crippen molar-refractivity contribution in [1.82, 2.24) is 15.5 Å². The van der Waals surface area contributed by atoms with Crippen LogP contribution in [0.15, 0.2) is 29.3 Å². The lowest BCUT2D eigenvalue weighted by Crippen LogP contribution is -2.47. The highest BCUT2D eigenvalue weighted by Gasteiger charge is 2.41. The molecule has 1 amide bonds. The molecule has 1 aromatic rings. The number of benzene rings is 1. The van der Waals surface area contributed by atoms with Gasteiger partial charge in [0.2, 0.25) is 0 Å². The van der Waals surface area contributed by atoms with E-state index >= 15 is 0 Å². The van der Waals surface area contributed by atoms with Crippen molar-refractivity contribution < 1.29 is 9.53 Å². The van der Waals surface area contributed by atoms with Crippen molar-refractivity contribution in [2.75, 3.05) is 27.7 Å². The fourth-order valence-electron chi connectivity index (χ4n) is 3.60. The number of carbonyl (C=O) groups excluding carboxylic acids is 1. The Balaban J connectivity index is 1.48. The molecule has 2 aliphatic rings. The van der Waals surface area contributed by atoms with Gasteiger partial charge in [-0.2, -0.15) is 0 Å². The van der Waals surface area contributed by atoms with Crippen LogP contribution in [0.4, 0.5) is 0 Å². The monoisotopic (exact) mass is 344 g/mol. The van der Waals surface area contributed by atoms with Gasteiger partial charge in [-0.3, -0.25) is 9.79 Å². The first kappa shape index (κ1) is 17.7. The van der Waals surface area contributed by atoms with Crippen LogP contribution in [0.1, 0.15) is 35.2 Å². The first-order chi connectivity index (χ1) is 12.1. The lowest BCUT2D eigenvalue weighted by molar-refractivity contribution is 0.0827. The van der Waals surface area contributed by atoms with Gasteiger partial charge in [0.25, 0.3) is 5.91 Å². The van der Waals surface area contributed by atoms with E-state index < -0.39 is 0 Å². The molecule has 0 aromatic heterocycles. The molecule has 25 heavy (non-hydrogen) atoms. The minimum Gasteiger partial charge on any atom is -0.373 e. The minimum absolute atomic E-state index is 0.0311. The highest BCUT2D eigenvalue weighted by Crippen LogP contribution is 2.34. The molecule has 3 atom stereocenters. The number of aliphatic imine (C=N–C) groups is 1. The largest absolute Gasteiger partial charge is 0.373 e. The van der Waals surface area contributed by atoms with Crippen molar-refractivity contribution in [3.63, 3.8) is 0 Å². The third-order valence-corrected chi connectivity index (χ3v) is 4.94. The second-order valence-electron chi connectivity index (χ2n) is 7.01. The Bertz CT molecular complexity index is 644. The molecular weight excluding hydrogens is 316 g/mol. The van der Waals surface area contributed by atoms with Crippen molar-refractivity contribution in [2.45, 2.75) is 43.9 Å². The zero-order valence-corrected chi connectivity index (χ0v) is 15.3. The molecule has 3 rings (SSSR count). The number of nitrogens with zero attached hydrogens (tertiary/aromatic N) is 2. The predicted molar refractivity (Wildman–Crippen MR) is 99.0 cm³/mol. The van der Waals surface area contributed by atoms with E-state index in [1.807, 2.05) is 24.3 Å². The highest BCUT2D eigenvalue weighted by atomic mass is 16.5. The lowest BCUT2D eigenvalue weighted by atomic mass is 9.96. The van der Waals surface area contributed by atoms with Gasteiger partial charge in [0, 0.05) is 33.3 Å². The maximum absolute atomic E-state index is 12.1. The van der Waals surface area contributed by atoms with Crippen LogP contribution in [0.2, 0.25) is 0 Å². The summed E-state index contributed by atoms with van der Waals surface area (Å²) in [6, 6.07) is 8.17. The van der Waals surface area contributed by atoms with Crippen LogP contribution < -0.4 is 10.6 Å². The number of guanidine groups is 1. The van der Waals surface area contributed by atoms with E-state index in [0.717, 1.165) is 42.9 Å². The molecule has 2 saturated heterocycles. The molecule has 6 nitrogen and oxygen atoms in total. The number of hydrogen-bond donors (Lipinski definition) is 2. The Morgan fingerprint density at radius 1 is 1.36 bits per heavy atom. The molecule has 3 unspecified atom stereocenters. The Labute approximate surface area is 149 Å². The summed E-state index contributed by atoms with van der Waals surface area (Å²) in [5.41, 5.74) is 1.86. The van der Waals surface area contributed by atoms with E-state index in [1.54, 1.807) is 26.0 Å². The summed E-state index contributed by atoms with van der Waals surface area (Å²) in [6.45, 7) is 0.765. The van der Waals surface area contributed by atoms with Gasteiger partial charge in [-0.15, -0.1) is 0 Å². The molecule has 0 spiro atoms. The zero-order chi connectivity index (χ0) is 17.8. The van der Waals surface area contributed by atoms with Gasteiger partial charge >= 0.3 is 0 Å². The summed E-state index contributed by atoms with van der Waals surface area (Å²) in [7, 11) is 5.33. The van der Waals surface area contributed by atoms with E-state index in [9.17, 15) is 4.79 Å². The summed E-state index contributed by atoms with van der Waals surface area (Å²) in [5, 5.41) is 6.84. The number of hydrogen-bond acceptors (Lipinski definition) is 3.